The van der Waals surface area contributed by atoms with Crippen LogP contribution in [0.5, 0.6) is 0 Å². The minimum Gasteiger partial charge on any atom is -0.445 e. The van der Waals surface area contributed by atoms with Crippen LogP contribution in [0.25, 0.3) is 0 Å². The van der Waals surface area contributed by atoms with Crippen molar-refractivity contribution in [3.05, 3.63) is 65.7 Å². The Morgan fingerprint density at radius 2 is 1.69 bits per heavy atom. The first-order valence-corrected chi connectivity index (χ1v) is 11.0. The molecule has 0 saturated heterocycles. The smallest absolute Gasteiger partial charge is 0.408 e. The highest BCUT2D eigenvalue weighted by atomic mass is 16.5. The number of carbonyl (C=O) groups excluding carboxylic acids is 3. The zero-order valence-electron chi connectivity index (χ0n) is 19.3. The molecule has 0 aliphatic heterocycles. The van der Waals surface area contributed by atoms with Crippen LogP contribution in [0.2, 0.25) is 0 Å². The van der Waals surface area contributed by atoms with Crippen LogP contribution in [0.15, 0.2) is 54.6 Å². The summed E-state index contributed by atoms with van der Waals surface area (Å²) in [5.74, 6) is -0.403. The standard InChI is InChI=1S/C25H33N3O4/c1-5-18(3)23(27-25(31)32-17-20-11-8-7-9-12-20)24(30)26-22-14-10-13-21(15-22)16-28(6-2)19(4)29/h7-15,18,23H,5-6,16-17H2,1-4H3,(H,26,30)(H,27,31)/t18-,23-/m0/s1. The van der Waals surface area contributed by atoms with Gasteiger partial charge in [-0.3, -0.25) is 9.59 Å². The highest BCUT2D eigenvalue weighted by Gasteiger charge is 2.26. The molecule has 0 aliphatic carbocycles. The zero-order chi connectivity index (χ0) is 23.5. The summed E-state index contributed by atoms with van der Waals surface area (Å²) < 4.78 is 5.28. The van der Waals surface area contributed by atoms with Crippen molar-refractivity contribution in [3.63, 3.8) is 0 Å². The fraction of sp³-hybridized carbons (Fsp3) is 0.400. The maximum Gasteiger partial charge on any atom is 0.408 e. The minimum atomic E-state index is -0.740. The molecule has 172 valence electrons. The van der Waals surface area contributed by atoms with E-state index in [4.69, 9.17) is 4.74 Å². The van der Waals surface area contributed by atoms with E-state index in [1.807, 2.05) is 69.3 Å². The van der Waals surface area contributed by atoms with E-state index in [2.05, 4.69) is 10.6 Å². The van der Waals surface area contributed by atoms with Gasteiger partial charge in [0.05, 0.1) is 0 Å². The fourth-order valence-electron chi connectivity index (χ4n) is 3.23. The number of anilines is 1. The number of hydrogen-bond donors (Lipinski definition) is 2. The number of amides is 3. The normalized spacial score (nSPS) is 12.4. The molecule has 2 atom stereocenters. The topological polar surface area (TPSA) is 87.7 Å². The van der Waals surface area contributed by atoms with Gasteiger partial charge in [0, 0.05) is 25.7 Å². The van der Waals surface area contributed by atoms with Crippen molar-refractivity contribution in [2.24, 2.45) is 5.92 Å². The first-order valence-electron chi connectivity index (χ1n) is 11.0. The first-order chi connectivity index (χ1) is 15.3. The van der Waals surface area contributed by atoms with Crippen molar-refractivity contribution in [1.29, 1.82) is 0 Å². The molecule has 0 saturated carbocycles. The van der Waals surface area contributed by atoms with E-state index in [-0.39, 0.29) is 24.3 Å². The quantitative estimate of drug-likeness (QED) is 0.577. The van der Waals surface area contributed by atoms with Gasteiger partial charge in [-0.25, -0.2) is 4.79 Å². The lowest BCUT2D eigenvalue weighted by Crippen LogP contribution is -2.47. The van der Waals surface area contributed by atoms with Gasteiger partial charge in [0.15, 0.2) is 0 Å². The largest absolute Gasteiger partial charge is 0.445 e. The molecule has 2 rings (SSSR count). The maximum absolute atomic E-state index is 13.0. The second-order valence-electron chi connectivity index (χ2n) is 7.79. The summed E-state index contributed by atoms with van der Waals surface area (Å²) >= 11 is 0. The lowest BCUT2D eigenvalue weighted by molar-refractivity contribution is -0.129. The van der Waals surface area contributed by atoms with Gasteiger partial charge in [-0.05, 0) is 36.1 Å². The third kappa shape index (κ3) is 7.72. The van der Waals surface area contributed by atoms with Crippen LogP contribution in [0.1, 0.15) is 45.2 Å². The van der Waals surface area contributed by atoms with E-state index in [1.165, 1.54) is 6.92 Å². The number of nitrogens with one attached hydrogen (secondary N) is 2. The van der Waals surface area contributed by atoms with Gasteiger partial charge >= 0.3 is 6.09 Å². The maximum atomic E-state index is 13.0. The molecular formula is C25H33N3O4. The van der Waals surface area contributed by atoms with Gasteiger partial charge in [0.1, 0.15) is 12.6 Å². The SMILES string of the molecule is CC[C@H](C)[C@H](NC(=O)OCc1ccccc1)C(=O)Nc1cccc(CN(CC)C(C)=O)c1. The summed E-state index contributed by atoms with van der Waals surface area (Å²) in [4.78, 5) is 38.7. The van der Waals surface area contributed by atoms with Crippen molar-refractivity contribution < 1.29 is 19.1 Å². The van der Waals surface area contributed by atoms with E-state index >= 15 is 0 Å². The minimum absolute atomic E-state index is 0.00279. The third-order valence-corrected chi connectivity index (χ3v) is 5.38. The molecule has 0 aromatic heterocycles. The summed E-state index contributed by atoms with van der Waals surface area (Å²) in [5.41, 5.74) is 2.39. The predicted octanol–water partition coefficient (Wildman–Crippen LogP) is 4.33. The number of hydrogen-bond acceptors (Lipinski definition) is 4. The molecule has 7 heteroatoms. The summed E-state index contributed by atoms with van der Waals surface area (Å²) in [6.07, 6.45) is 0.0735. The molecule has 3 amide bonds. The van der Waals surface area contributed by atoms with Crippen molar-refractivity contribution in [1.82, 2.24) is 10.2 Å². The molecule has 32 heavy (non-hydrogen) atoms. The van der Waals surface area contributed by atoms with Crippen molar-refractivity contribution in [3.8, 4) is 0 Å². The van der Waals surface area contributed by atoms with Crippen LogP contribution < -0.4 is 10.6 Å². The zero-order valence-corrected chi connectivity index (χ0v) is 19.3. The second kappa shape index (κ2) is 12.5. The van der Waals surface area contributed by atoms with Crippen LogP contribution in [0, 0.1) is 5.92 Å². The summed E-state index contributed by atoms with van der Waals surface area (Å²) in [6.45, 7) is 8.54. The number of nitrogens with zero attached hydrogens (tertiary/aromatic N) is 1. The van der Waals surface area contributed by atoms with Gasteiger partial charge in [-0.15, -0.1) is 0 Å². The molecule has 0 aliphatic rings. The Bertz CT molecular complexity index is 901. The highest BCUT2D eigenvalue weighted by Crippen LogP contribution is 2.16. The molecule has 2 aromatic rings. The van der Waals surface area contributed by atoms with Crippen molar-refractivity contribution in [2.75, 3.05) is 11.9 Å². The Balaban J connectivity index is 2.02. The summed E-state index contributed by atoms with van der Waals surface area (Å²) in [6, 6.07) is 16.0. The van der Waals surface area contributed by atoms with Gasteiger partial charge in [-0.2, -0.15) is 0 Å². The van der Waals surface area contributed by atoms with E-state index in [1.54, 1.807) is 11.0 Å². The Morgan fingerprint density at radius 3 is 2.31 bits per heavy atom. The van der Waals surface area contributed by atoms with Gasteiger partial charge in [0.25, 0.3) is 0 Å². The summed E-state index contributed by atoms with van der Waals surface area (Å²) in [7, 11) is 0. The van der Waals surface area contributed by atoms with E-state index in [0.717, 1.165) is 11.1 Å². The molecule has 0 spiro atoms. The fourth-order valence-corrected chi connectivity index (χ4v) is 3.23. The first kappa shape index (κ1) is 24.9. The van der Waals surface area contributed by atoms with E-state index in [0.29, 0.717) is 25.2 Å². The third-order valence-electron chi connectivity index (χ3n) is 5.38. The number of carbonyl (C=O) groups is 3. The van der Waals surface area contributed by atoms with Crippen LogP contribution in [0.3, 0.4) is 0 Å². The van der Waals surface area contributed by atoms with Gasteiger partial charge in [0.2, 0.25) is 11.8 Å². The van der Waals surface area contributed by atoms with Crippen LogP contribution in [0.4, 0.5) is 10.5 Å². The predicted molar refractivity (Wildman–Crippen MR) is 125 cm³/mol. The highest BCUT2D eigenvalue weighted by molar-refractivity contribution is 5.96. The van der Waals surface area contributed by atoms with E-state index < -0.39 is 12.1 Å². The van der Waals surface area contributed by atoms with Crippen LogP contribution >= 0.6 is 0 Å². The number of ether oxygens (including phenoxy) is 1. The van der Waals surface area contributed by atoms with Gasteiger partial charge in [-0.1, -0.05) is 62.7 Å². The number of alkyl carbamates (subject to hydrolysis) is 1. The Morgan fingerprint density at radius 1 is 1.00 bits per heavy atom. The molecule has 0 unspecified atom stereocenters. The van der Waals surface area contributed by atoms with Crippen molar-refractivity contribution >= 4 is 23.6 Å². The molecule has 0 bridgehead atoms. The molecule has 7 nitrogen and oxygen atoms in total. The van der Waals surface area contributed by atoms with Crippen LogP contribution in [-0.2, 0) is 27.5 Å². The monoisotopic (exact) mass is 439 g/mol. The van der Waals surface area contributed by atoms with Crippen molar-refractivity contribution in [2.45, 2.75) is 53.3 Å². The Labute approximate surface area is 190 Å². The lowest BCUT2D eigenvalue weighted by Gasteiger charge is -2.23. The Kier molecular flexibility index (Phi) is 9.73. The van der Waals surface area contributed by atoms with Gasteiger partial charge < -0.3 is 20.3 Å². The second-order valence-corrected chi connectivity index (χ2v) is 7.79. The average molecular weight is 440 g/mol. The Hall–Kier alpha value is -3.35. The van der Waals surface area contributed by atoms with Crippen LogP contribution in [-0.4, -0.2) is 35.4 Å². The molecule has 2 N–H and O–H groups in total. The molecular weight excluding hydrogens is 406 g/mol. The number of benzene rings is 2. The molecule has 0 fully saturated rings. The molecule has 0 radical (unpaired) electrons. The molecule has 0 heterocycles. The molecule has 2 aromatic carbocycles. The van der Waals surface area contributed by atoms with E-state index in [9.17, 15) is 14.4 Å². The lowest BCUT2D eigenvalue weighted by atomic mass is 9.98. The summed E-state index contributed by atoms with van der Waals surface area (Å²) in [5, 5.41) is 5.59. The number of rotatable bonds is 10. The average Bonchev–Trinajstić information content (AvgIpc) is 2.79.